The average molecular weight is 446 g/mol. The van der Waals surface area contributed by atoms with Crippen molar-refractivity contribution in [2.75, 3.05) is 45.6 Å². The number of aromatic nitrogens is 4. The minimum Gasteiger partial charge on any atom is -0.335 e. The number of carbonyl (C=O) groups excluding carboxylic acids is 1. The minimum absolute atomic E-state index is 0.136. The molecule has 13 heteroatoms. The van der Waals surface area contributed by atoms with E-state index < -0.39 is 10.0 Å². The SMILES string of the molecule is CN(C)NC(=O)c1cc2cnc(Nc3ccc(S(=O)(=O)N4CCNCC4)cn3)nc2[nH]1. The second kappa shape index (κ2) is 8.55. The van der Waals surface area contributed by atoms with Crippen LogP contribution in [0.15, 0.2) is 35.5 Å². The molecule has 0 radical (unpaired) electrons. The van der Waals surface area contributed by atoms with Crippen molar-refractivity contribution >= 4 is 38.7 Å². The molecule has 4 rings (SSSR count). The zero-order valence-electron chi connectivity index (χ0n) is 17.1. The molecule has 1 aliphatic rings. The molecule has 4 N–H and O–H groups in total. The lowest BCUT2D eigenvalue weighted by Crippen LogP contribution is -2.46. The number of hydrogen-bond donors (Lipinski definition) is 4. The number of sulfonamides is 1. The summed E-state index contributed by atoms with van der Waals surface area (Å²) in [5, 5.41) is 8.30. The van der Waals surface area contributed by atoms with E-state index in [1.807, 2.05) is 0 Å². The summed E-state index contributed by atoms with van der Waals surface area (Å²) in [6.07, 6.45) is 2.90. The first-order chi connectivity index (χ1) is 14.8. The number of H-pyrrole nitrogens is 1. The van der Waals surface area contributed by atoms with Crippen LogP contribution in [0.5, 0.6) is 0 Å². The molecule has 12 nitrogen and oxygen atoms in total. The number of fused-ring (bicyclic) bond motifs is 1. The van der Waals surface area contributed by atoms with Crippen molar-refractivity contribution in [2.24, 2.45) is 0 Å². The van der Waals surface area contributed by atoms with Gasteiger partial charge in [-0.2, -0.15) is 9.29 Å². The van der Waals surface area contributed by atoms with Crippen LogP contribution >= 0.6 is 0 Å². The van der Waals surface area contributed by atoms with Gasteiger partial charge in [0.25, 0.3) is 5.91 Å². The van der Waals surface area contributed by atoms with E-state index in [0.29, 0.717) is 48.7 Å². The van der Waals surface area contributed by atoms with Crippen LogP contribution in [0.4, 0.5) is 11.8 Å². The van der Waals surface area contributed by atoms with E-state index in [0.717, 1.165) is 0 Å². The molecular weight excluding hydrogens is 422 g/mol. The molecule has 0 atom stereocenters. The molecule has 0 spiro atoms. The predicted molar refractivity (Wildman–Crippen MR) is 114 cm³/mol. The van der Waals surface area contributed by atoms with E-state index in [1.165, 1.54) is 16.6 Å². The van der Waals surface area contributed by atoms with Gasteiger partial charge in [-0.25, -0.2) is 23.4 Å². The molecule has 4 heterocycles. The lowest BCUT2D eigenvalue weighted by molar-refractivity contribution is 0.0852. The third kappa shape index (κ3) is 4.64. The Morgan fingerprint density at radius 1 is 1.16 bits per heavy atom. The van der Waals surface area contributed by atoms with Crippen LogP contribution in [-0.2, 0) is 10.0 Å². The Balaban J connectivity index is 1.49. The number of pyridine rings is 1. The molecule has 0 aromatic carbocycles. The van der Waals surface area contributed by atoms with Crippen LogP contribution in [-0.4, -0.2) is 83.8 Å². The van der Waals surface area contributed by atoms with Gasteiger partial charge in [0, 0.05) is 58.1 Å². The number of amides is 1. The summed E-state index contributed by atoms with van der Waals surface area (Å²) in [5.41, 5.74) is 3.49. The Bertz CT molecular complexity index is 1190. The maximum Gasteiger partial charge on any atom is 0.282 e. The fraction of sp³-hybridized carbons (Fsp3) is 0.333. The lowest BCUT2D eigenvalue weighted by Gasteiger charge is -2.26. The third-order valence-electron chi connectivity index (χ3n) is 4.63. The number of hydrazine groups is 1. The molecule has 0 aliphatic carbocycles. The van der Waals surface area contributed by atoms with Crippen molar-refractivity contribution in [3.05, 3.63) is 36.3 Å². The van der Waals surface area contributed by atoms with Crippen LogP contribution in [0.3, 0.4) is 0 Å². The Kier molecular flexibility index (Phi) is 5.82. The largest absolute Gasteiger partial charge is 0.335 e. The highest BCUT2D eigenvalue weighted by Gasteiger charge is 2.26. The summed E-state index contributed by atoms with van der Waals surface area (Å²) in [4.78, 5) is 28.0. The van der Waals surface area contributed by atoms with Crippen LogP contribution in [0.1, 0.15) is 10.5 Å². The predicted octanol–water partition coefficient (Wildman–Crippen LogP) is -0.103. The molecule has 31 heavy (non-hydrogen) atoms. The summed E-state index contributed by atoms with van der Waals surface area (Å²) in [7, 11) is -0.133. The maximum absolute atomic E-state index is 12.7. The fourth-order valence-corrected chi connectivity index (χ4v) is 4.50. The van der Waals surface area contributed by atoms with Gasteiger partial charge >= 0.3 is 0 Å². The van der Waals surface area contributed by atoms with Crippen LogP contribution in [0, 0.1) is 0 Å². The molecule has 0 unspecified atom stereocenters. The van der Waals surface area contributed by atoms with Crippen LogP contribution < -0.4 is 16.1 Å². The molecule has 3 aromatic rings. The Morgan fingerprint density at radius 3 is 2.61 bits per heavy atom. The van der Waals surface area contributed by atoms with Crippen molar-refractivity contribution in [2.45, 2.75) is 4.90 Å². The number of carbonyl (C=O) groups is 1. The summed E-state index contributed by atoms with van der Waals surface area (Å²) < 4.78 is 26.8. The van der Waals surface area contributed by atoms with Crippen molar-refractivity contribution in [3.8, 4) is 0 Å². The molecule has 0 saturated carbocycles. The number of piperazine rings is 1. The Morgan fingerprint density at radius 2 is 1.94 bits per heavy atom. The summed E-state index contributed by atoms with van der Waals surface area (Å²) >= 11 is 0. The highest BCUT2D eigenvalue weighted by Crippen LogP contribution is 2.19. The highest BCUT2D eigenvalue weighted by molar-refractivity contribution is 7.89. The summed E-state index contributed by atoms with van der Waals surface area (Å²) in [5.74, 6) is 0.371. The first-order valence-corrected chi connectivity index (χ1v) is 11.0. The van der Waals surface area contributed by atoms with E-state index in [9.17, 15) is 13.2 Å². The van der Waals surface area contributed by atoms with E-state index in [4.69, 9.17) is 0 Å². The van der Waals surface area contributed by atoms with Crippen LogP contribution in [0.2, 0.25) is 0 Å². The number of aromatic amines is 1. The van der Waals surface area contributed by atoms with Gasteiger partial charge in [-0.3, -0.25) is 10.2 Å². The van der Waals surface area contributed by atoms with Crippen molar-refractivity contribution in [3.63, 3.8) is 0 Å². The number of rotatable bonds is 6. The first kappa shape index (κ1) is 21.1. The molecule has 1 saturated heterocycles. The normalized spacial score (nSPS) is 15.3. The number of anilines is 2. The average Bonchev–Trinajstić information content (AvgIpc) is 3.18. The topological polar surface area (TPSA) is 148 Å². The second-order valence-electron chi connectivity index (χ2n) is 7.17. The van der Waals surface area contributed by atoms with Crippen LogP contribution in [0.25, 0.3) is 11.0 Å². The van der Waals surface area contributed by atoms with Gasteiger partial charge < -0.3 is 15.6 Å². The van der Waals surface area contributed by atoms with Crippen molar-refractivity contribution in [1.82, 2.24) is 40.0 Å². The van der Waals surface area contributed by atoms with Gasteiger partial charge in [-0.05, 0) is 18.2 Å². The summed E-state index contributed by atoms with van der Waals surface area (Å²) in [6, 6.07) is 4.73. The number of hydrogen-bond acceptors (Lipinski definition) is 9. The molecule has 1 aliphatic heterocycles. The lowest BCUT2D eigenvalue weighted by atomic mass is 10.3. The fourth-order valence-electron chi connectivity index (χ4n) is 3.12. The first-order valence-electron chi connectivity index (χ1n) is 9.61. The monoisotopic (exact) mass is 445 g/mol. The molecule has 0 bridgehead atoms. The third-order valence-corrected chi connectivity index (χ3v) is 6.51. The maximum atomic E-state index is 12.7. The standard InChI is InChI=1S/C18H23N9O3S/c1-26(2)25-17(28)14-9-12-10-21-18(24-16(12)22-14)23-15-4-3-13(11-20-15)31(29,30)27-7-5-19-6-8-27/h3-4,9-11,19H,5-8H2,1-2H3,(H,25,28)(H2,20,21,22,23,24). The van der Waals surface area contributed by atoms with Gasteiger partial charge in [0.1, 0.15) is 22.1 Å². The smallest absolute Gasteiger partial charge is 0.282 e. The van der Waals surface area contributed by atoms with Gasteiger partial charge in [0.15, 0.2) is 0 Å². The van der Waals surface area contributed by atoms with Crippen molar-refractivity contribution < 1.29 is 13.2 Å². The van der Waals surface area contributed by atoms with E-state index in [-0.39, 0.29) is 16.8 Å². The number of nitrogens with zero attached hydrogens (tertiary/aromatic N) is 5. The minimum atomic E-state index is -3.57. The van der Waals surface area contributed by atoms with Gasteiger partial charge in [0.05, 0.1) is 0 Å². The quantitative estimate of drug-likeness (QED) is 0.382. The zero-order valence-corrected chi connectivity index (χ0v) is 17.9. The molecular formula is C18H23N9O3S. The zero-order chi connectivity index (χ0) is 22.0. The van der Waals surface area contributed by atoms with Gasteiger partial charge in [-0.1, -0.05) is 0 Å². The highest BCUT2D eigenvalue weighted by atomic mass is 32.2. The molecule has 164 valence electrons. The Hall–Kier alpha value is -3.13. The van der Waals surface area contributed by atoms with Gasteiger partial charge in [0.2, 0.25) is 16.0 Å². The molecule has 3 aromatic heterocycles. The van der Waals surface area contributed by atoms with Gasteiger partial charge in [-0.15, -0.1) is 0 Å². The van der Waals surface area contributed by atoms with E-state index >= 15 is 0 Å². The second-order valence-corrected chi connectivity index (χ2v) is 9.11. The Labute approximate surface area is 179 Å². The number of nitrogens with one attached hydrogen (secondary N) is 4. The van der Waals surface area contributed by atoms with E-state index in [1.54, 1.807) is 37.4 Å². The summed E-state index contributed by atoms with van der Waals surface area (Å²) in [6.45, 7) is 2.12. The molecule has 1 amide bonds. The molecule has 1 fully saturated rings. The van der Waals surface area contributed by atoms with Crippen molar-refractivity contribution in [1.29, 1.82) is 0 Å². The van der Waals surface area contributed by atoms with E-state index in [2.05, 4.69) is 36.0 Å².